The standard InChI is InChI=1S/C26H46N4O4.ClH.H2O/c1-27-17-21-7-5-8-22(18-27)29(21)13-15-33-25(31)11-3-4-12-26(32)34-16-14-30-23-9-6-10-24(30)20-28(2)19-23;;/h21-24H,3-20H2,1-2H3;1H;1H2. The largest absolute Gasteiger partial charge is 0.464 e. The predicted octanol–water partition coefficient (Wildman–Crippen LogP) is 1.57. The van der Waals surface area contributed by atoms with E-state index in [-0.39, 0.29) is 29.8 Å². The van der Waals surface area contributed by atoms with Crippen LogP contribution in [0.15, 0.2) is 0 Å². The van der Waals surface area contributed by atoms with Gasteiger partial charge in [0.1, 0.15) is 13.2 Å². The number of fused-ring (bicyclic) bond motifs is 4. The number of hydrogen-bond donors (Lipinski definition) is 0. The lowest BCUT2D eigenvalue weighted by Gasteiger charge is -2.49. The highest BCUT2D eigenvalue weighted by atomic mass is 35.5. The van der Waals surface area contributed by atoms with Gasteiger partial charge in [0.15, 0.2) is 0 Å². The molecule has 0 aliphatic carbocycles. The Kier molecular flexibility index (Phi) is 13.4. The van der Waals surface area contributed by atoms with E-state index in [1.807, 2.05) is 0 Å². The second kappa shape index (κ2) is 15.4. The molecule has 0 saturated carbocycles. The molecule has 210 valence electrons. The van der Waals surface area contributed by atoms with Gasteiger partial charge in [-0.3, -0.25) is 19.4 Å². The molecule has 4 unspecified atom stereocenters. The zero-order valence-corrected chi connectivity index (χ0v) is 23.2. The average molecular weight is 533 g/mol. The van der Waals surface area contributed by atoms with Crippen molar-refractivity contribution in [2.45, 2.75) is 88.4 Å². The van der Waals surface area contributed by atoms with Crippen LogP contribution in [-0.2, 0) is 19.1 Å². The smallest absolute Gasteiger partial charge is 0.305 e. The van der Waals surface area contributed by atoms with E-state index in [9.17, 15) is 9.59 Å². The molecule has 4 fully saturated rings. The number of rotatable bonds is 11. The molecule has 36 heavy (non-hydrogen) atoms. The number of ether oxygens (including phenoxy) is 2. The summed E-state index contributed by atoms with van der Waals surface area (Å²) in [4.78, 5) is 34.2. The Hall–Kier alpha value is -0.970. The third-order valence-corrected chi connectivity index (χ3v) is 8.35. The van der Waals surface area contributed by atoms with Gasteiger partial charge in [-0.2, -0.15) is 0 Å². The highest BCUT2D eigenvalue weighted by Crippen LogP contribution is 2.28. The maximum Gasteiger partial charge on any atom is 0.305 e. The van der Waals surface area contributed by atoms with Crippen molar-refractivity contribution < 1.29 is 24.5 Å². The first-order valence-corrected chi connectivity index (χ1v) is 13.7. The fraction of sp³-hybridized carbons (Fsp3) is 0.923. The molecule has 9 nitrogen and oxygen atoms in total. The Labute approximate surface area is 223 Å². The summed E-state index contributed by atoms with van der Waals surface area (Å²) in [6.45, 7) is 7.13. The third-order valence-electron chi connectivity index (χ3n) is 8.35. The first-order chi connectivity index (χ1) is 16.5. The van der Waals surface area contributed by atoms with E-state index in [2.05, 4.69) is 33.7 Å². The fourth-order valence-electron chi connectivity index (χ4n) is 6.75. The van der Waals surface area contributed by atoms with E-state index in [1.54, 1.807) is 0 Å². The van der Waals surface area contributed by atoms with Gasteiger partial charge in [0.05, 0.1) is 0 Å². The van der Waals surface area contributed by atoms with Crippen LogP contribution in [0, 0.1) is 0 Å². The van der Waals surface area contributed by atoms with Crippen LogP contribution in [0.1, 0.15) is 64.2 Å². The molecule has 4 bridgehead atoms. The van der Waals surface area contributed by atoms with Crippen molar-refractivity contribution in [3.63, 3.8) is 0 Å². The Morgan fingerprint density at radius 2 is 1.00 bits per heavy atom. The summed E-state index contributed by atoms with van der Waals surface area (Å²) < 4.78 is 11.0. The number of carbonyl (C=O) groups excluding carboxylic acids is 2. The second-order valence-electron chi connectivity index (χ2n) is 11.0. The van der Waals surface area contributed by atoms with Crippen LogP contribution in [0.5, 0.6) is 0 Å². The minimum atomic E-state index is -0.144. The van der Waals surface area contributed by atoms with E-state index < -0.39 is 0 Å². The molecule has 4 rings (SSSR count). The summed E-state index contributed by atoms with van der Waals surface area (Å²) in [7, 11) is 4.41. The number of likely N-dealkylation sites (tertiary alicyclic amines) is 2. The summed E-state index contributed by atoms with van der Waals surface area (Å²) in [5, 5.41) is 0. The normalized spacial score (nSPS) is 29.1. The summed E-state index contributed by atoms with van der Waals surface area (Å²) in [5.74, 6) is -0.288. The van der Waals surface area contributed by atoms with Crippen molar-refractivity contribution in [2.75, 3.05) is 66.6 Å². The van der Waals surface area contributed by atoms with Crippen molar-refractivity contribution in [3.05, 3.63) is 0 Å². The van der Waals surface area contributed by atoms with Crippen LogP contribution in [0.3, 0.4) is 0 Å². The Morgan fingerprint density at radius 1 is 0.667 bits per heavy atom. The van der Waals surface area contributed by atoms with Crippen LogP contribution < -0.4 is 0 Å². The highest BCUT2D eigenvalue weighted by molar-refractivity contribution is 5.85. The second-order valence-corrected chi connectivity index (χ2v) is 11.0. The molecule has 10 heteroatoms. The number of nitrogens with zero attached hydrogens (tertiary/aromatic N) is 4. The number of likely N-dealkylation sites (N-methyl/N-ethyl adjacent to an activating group) is 2. The lowest BCUT2D eigenvalue weighted by atomic mass is 9.91. The maximum absolute atomic E-state index is 12.1. The van der Waals surface area contributed by atoms with Crippen LogP contribution in [0.25, 0.3) is 0 Å². The fourth-order valence-corrected chi connectivity index (χ4v) is 6.75. The van der Waals surface area contributed by atoms with Gasteiger partial charge >= 0.3 is 11.9 Å². The maximum atomic E-state index is 12.1. The number of esters is 2. The average Bonchev–Trinajstić information content (AvgIpc) is 2.77. The minimum Gasteiger partial charge on any atom is -0.464 e. The van der Waals surface area contributed by atoms with Crippen LogP contribution in [0.4, 0.5) is 0 Å². The molecule has 4 atom stereocenters. The molecule has 0 aromatic carbocycles. The van der Waals surface area contributed by atoms with Crippen molar-refractivity contribution in [3.8, 4) is 0 Å². The summed E-state index contributed by atoms with van der Waals surface area (Å²) in [6.07, 6.45) is 9.76. The zero-order valence-electron chi connectivity index (χ0n) is 22.4. The summed E-state index contributed by atoms with van der Waals surface area (Å²) in [6, 6.07) is 2.44. The summed E-state index contributed by atoms with van der Waals surface area (Å²) in [5.41, 5.74) is 0. The highest BCUT2D eigenvalue weighted by Gasteiger charge is 2.36. The van der Waals surface area contributed by atoms with Gasteiger partial charge in [0.25, 0.3) is 0 Å². The third kappa shape index (κ3) is 8.81. The number of piperidine rings is 2. The number of halogens is 1. The molecule has 0 radical (unpaired) electrons. The van der Waals surface area contributed by atoms with Gasteiger partial charge < -0.3 is 24.7 Å². The van der Waals surface area contributed by atoms with Crippen molar-refractivity contribution in [2.24, 2.45) is 0 Å². The van der Waals surface area contributed by atoms with Gasteiger partial charge in [-0.05, 0) is 52.6 Å². The molecule has 2 N–H and O–H groups in total. The Bertz CT molecular complexity index is 603. The lowest BCUT2D eigenvalue weighted by Crippen LogP contribution is -2.60. The van der Waals surface area contributed by atoms with Gasteiger partial charge in [-0.1, -0.05) is 12.8 Å². The van der Waals surface area contributed by atoms with Crippen molar-refractivity contribution in [1.29, 1.82) is 0 Å². The number of piperazine rings is 2. The summed E-state index contributed by atoms with van der Waals surface area (Å²) >= 11 is 0. The van der Waals surface area contributed by atoms with Crippen LogP contribution in [-0.4, -0.2) is 128 Å². The Morgan fingerprint density at radius 3 is 1.33 bits per heavy atom. The molecule has 0 spiro atoms. The van der Waals surface area contributed by atoms with Gasteiger partial charge in [-0.15, -0.1) is 12.4 Å². The van der Waals surface area contributed by atoms with Crippen LogP contribution in [0.2, 0.25) is 0 Å². The number of hydrogen-bond acceptors (Lipinski definition) is 8. The number of carbonyl (C=O) groups is 2. The topological polar surface area (TPSA) is 97.1 Å². The van der Waals surface area contributed by atoms with E-state index in [4.69, 9.17) is 9.47 Å². The SMILES string of the molecule is CN1CC2CCCC(C1)N2CCOC(=O)CCCCC(=O)OCCN1C2CCCC1CN(C)C2.Cl.O. The lowest BCUT2D eigenvalue weighted by molar-refractivity contribution is -0.147. The first-order valence-electron chi connectivity index (χ1n) is 13.7. The van der Waals surface area contributed by atoms with Gasteiger partial charge in [0.2, 0.25) is 0 Å². The quantitative estimate of drug-likeness (QED) is 0.292. The van der Waals surface area contributed by atoms with E-state index in [0.29, 0.717) is 63.1 Å². The zero-order chi connectivity index (χ0) is 23.9. The van der Waals surface area contributed by atoms with Gasteiger partial charge in [0, 0.05) is 76.3 Å². The number of unbranched alkanes of at least 4 members (excludes halogenated alkanes) is 1. The molecular weight excluding hydrogens is 484 g/mol. The molecule has 0 aromatic rings. The molecule has 4 aliphatic rings. The van der Waals surface area contributed by atoms with Gasteiger partial charge in [-0.25, -0.2) is 0 Å². The minimum absolute atomic E-state index is 0. The molecule has 0 aromatic heterocycles. The predicted molar refractivity (Wildman–Crippen MR) is 143 cm³/mol. The molecule has 0 amide bonds. The van der Waals surface area contributed by atoms with Crippen molar-refractivity contribution in [1.82, 2.24) is 19.6 Å². The molecular formula is C26H49ClN4O5. The Balaban J connectivity index is 0.00000228. The van der Waals surface area contributed by atoms with E-state index >= 15 is 0 Å². The molecule has 4 heterocycles. The molecule has 4 saturated heterocycles. The van der Waals surface area contributed by atoms with E-state index in [1.165, 1.54) is 38.5 Å². The van der Waals surface area contributed by atoms with E-state index in [0.717, 1.165) is 39.3 Å². The monoisotopic (exact) mass is 532 g/mol. The first kappa shape index (κ1) is 31.2. The van der Waals surface area contributed by atoms with Crippen molar-refractivity contribution >= 4 is 24.3 Å². The molecule has 4 aliphatic heterocycles. The van der Waals surface area contributed by atoms with Crippen LogP contribution >= 0.6 is 12.4 Å².